The van der Waals surface area contributed by atoms with E-state index in [1.54, 1.807) is 12.3 Å². The van der Waals surface area contributed by atoms with Crippen LogP contribution in [0.2, 0.25) is 0 Å². The van der Waals surface area contributed by atoms with Crippen molar-refractivity contribution in [2.24, 2.45) is 13.0 Å². The molecule has 3 aliphatic heterocycles. The highest BCUT2D eigenvalue weighted by atomic mass is 16.2. The first-order valence-electron chi connectivity index (χ1n) is 8.61. The van der Waals surface area contributed by atoms with Crippen molar-refractivity contribution in [2.45, 2.75) is 25.4 Å². The van der Waals surface area contributed by atoms with Crippen LogP contribution in [0.15, 0.2) is 36.8 Å². The summed E-state index contributed by atoms with van der Waals surface area (Å²) < 4.78 is 2.08. The van der Waals surface area contributed by atoms with Gasteiger partial charge in [0.05, 0.1) is 6.54 Å². The molecule has 2 atom stereocenters. The van der Waals surface area contributed by atoms with E-state index < -0.39 is 0 Å². The Morgan fingerprint density at radius 1 is 1.17 bits per heavy atom. The number of piperidine rings is 1. The first kappa shape index (κ1) is 15.3. The van der Waals surface area contributed by atoms with Crippen molar-refractivity contribution in [3.05, 3.63) is 48.3 Å². The molecular formula is C18H23N5O. The molecule has 0 aromatic carbocycles. The van der Waals surface area contributed by atoms with Gasteiger partial charge in [0.15, 0.2) is 0 Å². The zero-order valence-electron chi connectivity index (χ0n) is 14.0. The Morgan fingerprint density at radius 3 is 2.83 bits per heavy atom. The van der Waals surface area contributed by atoms with Gasteiger partial charge in [-0.2, -0.15) is 0 Å². The van der Waals surface area contributed by atoms with Gasteiger partial charge in [0, 0.05) is 51.3 Å². The lowest BCUT2D eigenvalue weighted by molar-refractivity contribution is 0.0729. The van der Waals surface area contributed by atoms with E-state index >= 15 is 0 Å². The van der Waals surface area contributed by atoms with E-state index in [1.165, 1.54) is 6.42 Å². The number of pyridine rings is 1. The smallest absolute Gasteiger partial charge is 0.272 e. The second kappa shape index (κ2) is 6.36. The van der Waals surface area contributed by atoms with E-state index in [9.17, 15) is 4.79 Å². The Bertz CT molecular complexity index is 713. The number of fused-ring (bicyclic) bond motifs is 4. The van der Waals surface area contributed by atoms with Crippen LogP contribution in [-0.4, -0.2) is 55.9 Å². The van der Waals surface area contributed by atoms with Crippen LogP contribution < -0.4 is 0 Å². The highest BCUT2D eigenvalue weighted by molar-refractivity contribution is 5.92. The van der Waals surface area contributed by atoms with Crippen LogP contribution >= 0.6 is 0 Å². The number of imidazole rings is 1. The summed E-state index contributed by atoms with van der Waals surface area (Å²) in [5.41, 5.74) is 0.550. The van der Waals surface area contributed by atoms with Crippen LogP contribution in [-0.2, 0) is 13.6 Å². The summed E-state index contributed by atoms with van der Waals surface area (Å²) in [7, 11) is 2.04. The topological polar surface area (TPSA) is 54.3 Å². The van der Waals surface area contributed by atoms with Crippen LogP contribution in [0.1, 0.15) is 29.2 Å². The number of rotatable bonds is 3. The highest BCUT2D eigenvalue weighted by Gasteiger charge is 2.37. The van der Waals surface area contributed by atoms with Crippen molar-refractivity contribution in [1.29, 1.82) is 0 Å². The Labute approximate surface area is 142 Å². The molecule has 3 saturated heterocycles. The third kappa shape index (κ3) is 2.94. The third-order valence-corrected chi connectivity index (χ3v) is 5.26. The molecule has 24 heavy (non-hydrogen) atoms. The lowest BCUT2D eigenvalue weighted by Crippen LogP contribution is -2.44. The molecule has 2 aromatic rings. The summed E-state index contributed by atoms with van der Waals surface area (Å²) >= 11 is 0. The fraction of sp³-hybridized carbons (Fsp3) is 0.500. The summed E-state index contributed by atoms with van der Waals surface area (Å²) in [5.74, 6) is 1.69. The van der Waals surface area contributed by atoms with Crippen LogP contribution in [0.5, 0.6) is 0 Å². The van der Waals surface area contributed by atoms with Gasteiger partial charge in [-0.05, 0) is 30.9 Å². The summed E-state index contributed by atoms with van der Waals surface area (Å²) in [6.07, 6.45) is 7.88. The highest BCUT2D eigenvalue weighted by Crippen LogP contribution is 2.29. The fourth-order valence-corrected chi connectivity index (χ4v) is 3.92. The van der Waals surface area contributed by atoms with Crippen molar-refractivity contribution in [3.63, 3.8) is 0 Å². The average Bonchev–Trinajstić information content (AvgIpc) is 2.83. The SMILES string of the molecule is Cn1ccnc1CN1C[C@H]2CC[C@@H]1CN(C(=O)c1ccccn1)C2. The summed E-state index contributed by atoms with van der Waals surface area (Å²) in [5, 5.41) is 0. The predicted molar refractivity (Wildman–Crippen MR) is 90.3 cm³/mol. The molecule has 3 aliphatic rings. The maximum absolute atomic E-state index is 12.8. The van der Waals surface area contributed by atoms with Gasteiger partial charge >= 0.3 is 0 Å². The molecule has 0 aliphatic carbocycles. The van der Waals surface area contributed by atoms with Gasteiger partial charge in [0.1, 0.15) is 11.5 Å². The Hall–Kier alpha value is -2.21. The van der Waals surface area contributed by atoms with Crippen LogP contribution in [0.4, 0.5) is 0 Å². The molecule has 126 valence electrons. The van der Waals surface area contributed by atoms with Gasteiger partial charge in [-0.3, -0.25) is 14.7 Å². The van der Waals surface area contributed by atoms with Crippen molar-refractivity contribution in [1.82, 2.24) is 24.3 Å². The van der Waals surface area contributed by atoms with E-state index in [4.69, 9.17) is 0 Å². The molecule has 0 unspecified atom stereocenters. The van der Waals surface area contributed by atoms with Crippen LogP contribution in [0, 0.1) is 5.92 Å². The second-order valence-corrected chi connectivity index (χ2v) is 6.91. The van der Waals surface area contributed by atoms with E-state index in [0.29, 0.717) is 17.7 Å². The Kier molecular flexibility index (Phi) is 4.06. The zero-order chi connectivity index (χ0) is 16.5. The molecule has 3 fully saturated rings. The monoisotopic (exact) mass is 325 g/mol. The Balaban J connectivity index is 1.50. The molecule has 0 radical (unpaired) electrons. The zero-order valence-corrected chi connectivity index (χ0v) is 14.0. The molecule has 2 aromatic heterocycles. The molecule has 0 saturated carbocycles. The molecular weight excluding hydrogens is 302 g/mol. The van der Waals surface area contributed by atoms with Gasteiger partial charge < -0.3 is 9.47 Å². The number of aryl methyl sites for hydroxylation is 1. The minimum absolute atomic E-state index is 0.0614. The van der Waals surface area contributed by atoms with E-state index in [2.05, 4.69) is 19.4 Å². The molecule has 5 rings (SSSR count). The minimum atomic E-state index is 0.0614. The van der Waals surface area contributed by atoms with Crippen molar-refractivity contribution < 1.29 is 4.79 Å². The van der Waals surface area contributed by atoms with E-state index in [1.807, 2.05) is 36.5 Å². The number of nitrogens with zero attached hydrogens (tertiary/aromatic N) is 5. The number of carbonyl (C=O) groups excluding carboxylic acids is 1. The lowest BCUT2D eigenvalue weighted by Gasteiger charge is -2.35. The molecule has 6 nitrogen and oxygen atoms in total. The summed E-state index contributed by atoms with van der Waals surface area (Å²) in [6.45, 7) is 3.53. The van der Waals surface area contributed by atoms with E-state index in [0.717, 1.165) is 38.4 Å². The van der Waals surface area contributed by atoms with Gasteiger partial charge in [0.2, 0.25) is 0 Å². The number of aromatic nitrogens is 3. The molecule has 0 spiro atoms. The molecule has 2 bridgehead atoms. The minimum Gasteiger partial charge on any atom is -0.337 e. The fourth-order valence-electron chi connectivity index (χ4n) is 3.92. The number of hydrogen-bond donors (Lipinski definition) is 0. The third-order valence-electron chi connectivity index (χ3n) is 5.26. The number of carbonyl (C=O) groups is 1. The van der Waals surface area contributed by atoms with Gasteiger partial charge in [-0.15, -0.1) is 0 Å². The van der Waals surface area contributed by atoms with Crippen LogP contribution in [0.25, 0.3) is 0 Å². The van der Waals surface area contributed by atoms with Gasteiger partial charge in [-0.25, -0.2) is 4.98 Å². The summed E-state index contributed by atoms with van der Waals surface area (Å²) in [4.78, 5) is 26.0. The molecule has 6 heteroatoms. The van der Waals surface area contributed by atoms with Gasteiger partial charge in [-0.1, -0.05) is 6.07 Å². The number of amides is 1. The number of hydrogen-bond acceptors (Lipinski definition) is 4. The van der Waals surface area contributed by atoms with Crippen LogP contribution in [0.3, 0.4) is 0 Å². The van der Waals surface area contributed by atoms with E-state index in [-0.39, 0.29) is 5.91 Å². The maximum Gasteiger partial charge on any atom is 0.272 e. The quantitative estimate of drug-likeness (QED) is 0.859. The summed E-state index contributed by atoms with van der Waals surface area (Å²) in [6, 6.07) is 5.94. The standard InChI is InChI=1S/C18H23N5O/c1-21-9-8-20-17(21)13-22-10-14-5-6-15(22)12-23(11-14)18(24)16-4-2-3-7-19-16/h2-4,7-9,14-15H,5-6,10-13H2,1H3/t14-,15-/m1/s1. The molecule has 5 heterocycles. The second-order valence-electron chi connectivity index (χ2n) is 6.91. The average molecular weight is 325 g/mol. The first-order valence-corrected chi connectivity index (χ1v) is 8.61. The Morgan fingerprint density at radius 2 is 2.08 bits per heavy atom. The largest absolute Gasteiger partial charge is 0.337 e. The van der Waals surface area contributed by atoms with Gasteiger partial charge in [0.25, 0.3) is 5.91 Å². The predicted octanol–water partition coefficient (Wildman–Crippen LogP) is 1.55. The lowest BCUT2D eigenvalue weighted by atomic mass is 9.95. The molecule has 1 amide bonds. The maximum atomic E-state index is 12.8. The first-order chi connectivity index (χ1) is 11.7. The van der Waals surface area contributed by atoms with Crippen molar-refractivity contribution >= 4 is 5.91 Å². The van der Waals surface area contributed by atoms with Crippen molar-refractivity contribution in [2.75, 3.05) is 19.6 Å². The molecule has 0 N–H and O–H groups in total. The van der Waals surface area contributed by atoms with Crippen molar-refractivity contribution in [3.8, 4) is 0 Å². The normalized spacial score (nSPS) is 24.1.